The van der Waals surface area contributed by atoms with E-state index in [2.05, 4.69) is 33.4 Å². The number of para-hydroxylation sites is 1. The summed E-state index contributed by atoms with van der Waals surface area (Å²) in [6.45, 7) is 1.22. The summed E-state index contributed by atoms with van der Waals surface area (Å²) in [5.41, 5.74) is 4.84. The molecular weight excluding hydrogens is 342 g/mol. The molecule has 0 aliphatic carbocycles. The Morgan fingerprint density at radius 1 is 1.26 bits per heavy atom. The van der Waals surface area contributed by atoms with Crippen molar-refractivity contribution in [1.29, 1.82) is 0 Å². The highest BCUT2D eigenvalue weighted by molar-refractivity contribution is 6.01. The molecule has 0 spiro atoms. The van der Waals surface area contributed by atoms with Crippen LogP contribution in [0.1, 0.15) is 23.7 Å². The van der Waals surface area contributed by atoms with E-state index in [-0.39, 0.29) is 23.7 Å². The molecule has 1 fully saturated rings. The monoisotopic (exact) mass is 363 g/mol. The second kappa shape index (κ2) is 6.09. The number of carbonyl (C=O) groups is 2. The molecule has 138 valence electrons. The highest BCUT2D eigenvalue weighted by atomic mass is 16.5. The number of methoxy groups -OCH3 is 1. The van der Waals surface area contributed by atoms with Gasteiger partial charge in [0.2, 0.25) is 0 Å². The number of nitrogens with one attached hydrogen (secondary N) is 2. The molecule has 2 unspecified atom stereocenters. The number of hydrogen-bond acceptors (Lipinski definition) is 5. The van der Waals surface area contributed by atoms with Gasteiger partial charge in [-0.2, -0.15) is 0 Å². The summed E-state index contributed by atoms with van der Waals surface area (Å²) in [4.78, 5) is 31.0. The first kappa shape index (κ1) is 16.3. The number of esters is 1. The van der Waals surface area contributed by atoms with Crippen molar-refractivity contribution in [3.63, 3.8) is 0 Å². The molecule has 0 saturated carbocycles. The molecule has 6 heteroatoms. The Balaban J connectivity index is 1.61. The van der Waals surface area contributed by atoms with Gasteiger partial charge in [0, 0.05) is 47.0 Å². The van der Waals surface area contributed by atoms with Crippen LogP contribution in [0.2, 0.25) is 0 Å². The Kier molecular flexibility index (Phi) is 3.68. The van der Waals surface area contributed by atoms with E-state index in [1.807, 2.05) is 6.07 Å². The standard InChI is InChI=1S/C21H21N3O3/c1-27-21(26)16-10-22-9-15-14(16)8-18-20-13(6-7-24(18)11-19(15)25)12-4-2-3-5-17(12)23-20/h2-5,9-10,14,18,22-23H,6-8,11H2,1H3. The van der Waals surface area contributed by atoms with Gasteiger partial charge < -0.3 is 15.0 Å². The van der Waals surface area contributed by atoms with Gasteiger partial charge in [0.05, 0.1) is 25.3 Å². The Hall–Kier alpha value is -2.86. The number of rotatable bonds is 1. The number of benzene rings is 1. The number of aromatic amines is 1. The summed E-state index contributed by atoms with van der Waals surface area (Å²) < 4.78 is 4.96. The van der Waals surface area contributed by atoms with Crippen LogP contribution in [-0.4, -0.2) is 41.8 Å². The van der Waals surface area contributed by atoms with Crippen LogP contribution in [0, 0.1) is 5.92 Å². The minimum absolute atomic E-state index is 0.0732. The Labute approximate surface area is 156 Å². The number of aromatic nitrogens is 1. The zero-order chi connectivity index (χ0) is 18.5. The van der Waals surface area contributed by atoms with E-state index in [9.17, 15) is 9.59 Å². The van der Waals surface area contributed by atoms with Crippen molar-refractivity contribution < 1.29 is 14.3 Å². The number of ether oxygens (including phenoxy) is 1. The maximum atomic E-state index is 12.9. The summed E-state index contributed by atoms with van der Waals surface area (Å²) >= 11 is 0. The molecule has 27 heavy (non-hydrogen) atoms. The van der Waals surface area contributed by atoms with Crippen LogP contribution in [0.5, 0.6) is 0 Å². The lowest BCUT2D eigenvalue weighted by Gasteiger charge is -2.34. The topological polar surface area (TPSA) is 74.4 Å². The summed E-state index contributed by atoms with van der Waals surface area (Å²) in [6, 6.07) is 8.41. The molecule has 0 bridgehead atoms. The quantitative estimate of drug-likeness (QED) is 0.760. The Morgan fingerprint density at radius 3 is 2.96 bits per heavy atom. The number of fused-ring (bicyclic) bond motifs is 6. The molecule has 6 nitrogen and oxygen atoms in total. The van der Waals surface area contributed by atoms with Gasteiger partial charge in [0.1, 0.15) is 0 Å². The number of ketones is 1. The SMILES string of the molecule is COC(=O)C1=CNC=C2C(=O)CN3CCc4c([nH]c5ccccc45)C3CC21. The molecule has 4 heterocycles. The maximum Gasteiger partial charge on any atom is 0.335 e. The zero-order valence-corrected chi connectivity index (χ0v) is 15.1. The first-order chi connectivity index (χ1) is 13.2. The van der Waals surface area contributed by atoms with Crippen LogP contribution in [-0.2, 0) is 20.7 Å². The molecule has 1 saturated heterocycles. The van der Waals surface area contributed by atoms with Crippen LogP contribution in [0.25, 0.3) is 10.9 Å². The van der Waals surface area contributed by atoms with E-state index < -0.39 is 0 Å². The van der Waals surface area contributed by atoms with Crippen molar-refractivity contribution in [2.45, 2.75) is 18.9 Å². The van der Waals surface area contributed by atoms with Crippen molar-refractivity contribution in [3.05, 3.63) is 59.1 Å². The third kappa shape index (κ3) is 2.44. The lowest BCUT2D eigenvalue weighted by molar-refractivity contribution is -0.136. The van der Waals surface area contributed by atoms with Gasteiger partial charge >= 0.3 is 5.97 Å². The molecule has 1 aromatic heterocycles. The summed E-state index contributed by atoms with van der Waals surface area (Å²) in [5, 5.41) is 4.21. The summed E-state index contributed by atoms with van der Waals surface area (Å²) in [7, 11) is 1.38. The van der Waals surface area contributed by atoms with E-state index in [0.29, 0.717) is 24.1 Å². The molecule has 2 aromatic rings. The third-order valence-corrected chi connectivity index (χ3v) is 6.05. The highest BCUT2D eigenvalue weighted by Gasteiger charge is 2.42. The minimum Gasteiger partial charge on any atom is -0.466 e. The smallest absolute Gasteiger partial charge is 0.335 e. The molecule has 0 amide bonds. The lowest BCUT2D eigenvalue weighted by Crippen LogP contribution is -2.37. The van der Waals surface area contributed by atoms with Crippen molar-refractivity contribution in [1.82, 2.24) is 15.2 Å². The van der Waals surface area contributed by atoms with E-state index >= 15 is 0 Å². The van der Waals surface area contributed by atoms with Crippen LogP contribution in [0.4, 0.5) is 0 Å². The van der Waals surface area contributed by atoms with Gasteiger partial charge in [0.15, 0.2) is 5.78 Å². The summed E-state index contributed by atoms with van der Waals surface area (Å²) in [5.74, 6) is -0.561. The number of hydrogen-bond donors (Lipinski definition) is 2. The van der Waals surface area contributed by atoms with Crippen molar-refractivity contribution >= 4 is 22.7 Å². The molecule has 2 atom stereocenters. The van der Waals surface area contributed by atoms with Gasteiger partial charge in [-0.1, -0.05) is 18.2 Å². The molecule has 2 N–H and O–H groups in total. The summed E-state index contributed by atoms with van der Waals surface area (Å²) in [6.07, 6.45) is 5.01. The normalized spacial score (nSPS) is 24.7. The highest BCUT2D eigenvalue weighted by Crippen LogP contribution is 2.43. The van der Waals surface area contributed by atoms with E-state index in [4.69, 9.17) is 4.74 Å². The predicted octanol–water partition coefficient (Wildman–Crippen LogP) is 2.20. The van der Waals surface area contributed by atoms with Crippen LogP contribution in [0.3, 0.4) is 0 Å². The number of nitrogens with zero attached hydrogens (tertiary/aromatic N) is 1. The van der Waals surface area contributed by atoms with Gasteiger partial charge in [-0.15, -0.1) is 0 Å². The first-order valence-corrected chi connectivity index (χ1v) is 9.28. The number of Topliss-reactive ketones (excluding diaryl/α,β-unsaturated/α-hetero) is 1. The fourth-order valence-corrected chi connectivity index (χ4v) is 4.76. The average Bonchev–Trinajstić information content (AvgIpc) is 3.00. The molecule has 3 aliphatic heterocycles. The van der Waals surface area contributed by atoms with Gasteiger partial charge in [-0.25, -0.2) is 4.79 Å². The lowest BCUT2D eigenvalue weighted by atomic mass is 9.82. The minimum atomic E-state index is -0.382. The second-order valence-corrected chi connectivity index (χ2v) is 7.37. The van der Waals surface area contributed by atoms with Crippen LogP contribution >= 0.6 is 0 Å². The Bertz CT molecular complexity index is 1020. The van der Waals surface area contributed by atoms with Crippen molar-refractivity contribution in [2.75, 3.05) is 20.2 Å². The second-order valence-electron chi connectivity index (χ2n) is 7.37. The molecular formula is C21H21N3O3. The van der Waals surface area contributed by atoms with E-state index in [1.54, 1.807) is 12.4 Å². The fourth-order valence-electron chi connectivity index (χ4n) is 4.76. The van der Waals surface area contributed by atoms with Gasteiger partial charge in [-0.05, 0) is 24.5 Å². The maximum absolute atomic E-state index is 12.9. The number of H-pyrrole nitrogens is 1. The number of dihydropyridines is 1. The van der Waals surface area contributed by atoms with Gasteiger partial charge in [0.25, 0.3) is 0 Å². The average molecular weight is 363 g/mol. The number of carbonyl (C=O) groups excluding carboxylic acids is 2. The molecule has 5 rings (SSSR count). The largest absolute Gasteiger partial charge is 0.466 e. The molecule has 1 aromatic carbocycles. The Morgan fingerprint density at radius 2 is 2.11 bits per heavy atom. The zero-order valence-electron chi connectivity index (χ0n) is 15.1. The van der Waals surface area contributed by atoms with E-state index in [1.165, 1.54) is 23.8 Å². The molecule has 0 radical (unpaired) electrons. The predicted molar refractivity (Wildman–Crippen MR) is 101 cm³/mol. The van der Waals surface area contributed by atoms with E-state index in [0.717, 1.165) is 18.5 Å². The molecule has 3 aliphatic rings. The first-order valence-electron chi connectivity index (χ1n) is 9.28. The van der Waals surface area contributed by atoms with Crippen LogP contribution in [0.15, 0.2) is 47.8 Å². The van der Waals surface area contributed by atoms with Crippen molar-refractivity contribution in [2.24, 2.45) is 5.92 Å². The van der Waals surface area contributed by atoms with Crippen LogP contribution < -0.4 is 5.32 Å². The van der Waals surface area contributed by atoms with Gasteiger partial charge in [-0.3, -0.25) is 9.69 Å². The fraction of sp³-hybridized carbons (Fsp3) is 0.333. The third-order valence-electron chi connectivity index (χ3n) is 6.05. The van der Waals surface area contributed by atoms with Crippen molar-refractivity contribution in [3.8, 4) is 0 Å².